The molecule has 0 unspecified atom stereocenters. The van der Waals surface area contributed by atoms with Crippen molar-refractivity contribution in [3.05, 3.63) is 49.6 Å². The summed E-state index contributed by atoms with van der Waals surface area (Å²) in [7, 11) is -3.70. The lowest BCUT2D eigenvalue weighted by molar-refractivity contribution is 0.0960. The molecule has 4 rings (SSSR count). The number of hydrogen-bond donors (Lipinski definition) is 1. The second-order valence-corrected chi connectivity index (χ2v) is 14.3. The van der Waals surface area contributed by atoms with Gasteiger partial charge >= 0.3 is 0 Å². The molecule has 0 bridgehead atoms. The van der Waals surface area contributed by atoms with E-state index in [4.69, 9.17) is 27.7 Å². The topological polar surface area (TPSA) is 95.8 Å². The van der Waals surface area contributed by atoms with Crippen LogP contribution in [-0.4, -0.2) is 66.2 Å². The van der Waals surface area contributed by atoms with Crippen molar-refractivity contribution in [2.75, 3.05) is 25.4 Å². The molecule has 1 aliphatic rings. The number of piperidine rings is 1. The fourth-order valence-corrected chi connectivity index (χ4v) is 7.73. The van der Waals surface area contributed by atoms with Crippen molar-refractivity contribution in [2.45, 2.75) is 45.3 Å². The number of aromatic nitrogens is 1. The minimum Gasteiger partial charge on any atom is -0.355 e. The monoisotopic (exact) mass is 590 g/mol. The summed E-state index contributed by atoms with van der Waals surface area (Å²) in [5.41, 5.74) is 0.529. The lowest BCUT2D eigenvalue weighted by atomic mass is 10.0. The molecule has 0 saturated carbocycles. The van der Waals surface area contributed by atoms with Gasteiger partial charge in [-0.05, 0) is 64.0 Å². The van der Waals surface area contributed by atoms with Crippen LogP contribution < -0.4 is 5.32 Å². The minimum atomic E-state index is -3.70. The number of thiophene rings is 2. The van der Waals surface area contributed by atoms with Crippen LogP contribution in [0.4, 0.5) is 0 Å². The summed E-state index contributed by atoms with van der Waals surface area (Å²) in [4.78, 5) is 16.0. The predicted octanol–water partition coefficient (Wildman–Crippen LogP) is 5.21. The molecular formula is C23H28Cl2N4O4S3. The zero-order valence-corrected chi connectivity index (χ0v) is 23.9. The highest BCUT2D eigenvalue weighted by molar-refractivity contribution is 7.89. The Kier molecular flexibility index (Phi) is 9.14. The van der Waals surface area contributed by atoms with Gasteiger partial charge in [0.15, 0.2) is 5.76 Å². The van der Waals surface area contributed by atoms with Gasteiger partial charge in [-0.2, -0.15) is 4.31 Å². The first-order valence-electron chi connectivity index (χ1n) is 11.6. The minimum absolute atomic E-state index is 0.00418. The van der Waals surface area contributed by atoms with Gasteiger partial charge in [0.1, 0.15) is 0 Å². The molecule has 196 valence electrons. The van der Waals surface area contributed by atoms with Crippen molar-refractivity contribution >= 4 is 61.8 Å². The number of rotatable bonds is 10. The van der Waals surface area contributed by atoms with Gasteiger partial charge in [0.05, 0.1) is 36.4 Å². The van der Waals surface area contributed by atoms with Gasteiger partial charge in [0, 0.05) is 24.7 Å². The molecule has 0 radical (unpaired) electrons. The Morgan fingerprint density at radius 1 is 1.19 bits per heavy atom. The maximum Gasteiger partial charge on any atom is 0.261 e. The highest BCUT2D eigenvalue weighted by atomic mass is 35.5. The number of hydrogen-bond acceptors (Lipinski definition) is 8. The molecule has 1 N–H and O–H groups in total. The molecule has 1 amide bonds. The zero-order chi connectivity index (χ0) is 25.9. The fraction of sp³-hybridized carbons (Fsp3) is 0.478. The average Bonchev–Trinajstić information content (AvgIpc) is 3.58. The highest BCUT2D eigenvalue weighted by Crippen LogP contribution is 2.32. The molecule has 0 aliphatic carbocycles. The summed E-state index contributed by atoms with van der Waals surface area (Å²) < 4.78 is 35.2. The summed E-state index contributed by atoms with van der Waals surface area (Å²) in [6.45, 7) is 6.03. The number of likely N-dealkylation sites (tertiary alicyclic amines) is 1. The summed E-state index contributed by atoms with van der Waals surface area (Å²) in [6, 6.07) is 8.89. The summed E-state index contributed by atoms with van der Waals surface area (Å²) in [5, 5.41) is 6.83. The Morgan fingerprint density at radius 2 is 1.89 bits per heavy atom. The first-order valence-corrected chi connectivity index (χ1v) is 15.6. The molecule has 3 aromatic heterocycles. The number of nitrogens with one attached hydrogen (secondary N) is 1. The quantitative estimate of drug-likeness (QED) is 0.348. The molecule has 0 atom stereocenters. The molecule has 3 aromatic rings. The van der Waals surface area contributed by atoms with Crippen LogP contribution in [0, 0.1) is 0 Å². The van der Waals surface area contributed by atoms with Crippen molar-refractivity contribution in [1.82, 2.24) is 19.7 Å². The molecule has 8 nitrogen and oxygen atoms in total. The van der Waals surface area contributed by atoms with Gasteiger partial charge in [-0.3, -0.25) is 4.79 Å². The van der Waals surface area contributed by atoms with Gasteiger partial charge in [-0.15, -0.1) is 22.7 Å². The Bertz CT molecular complexity index is 1280. The van der Waals surface area contributed by atoms with Crippen molar-refractivity contribution in [2.24, 2.45) is 0 Å². The standard InChI is InChI=1S/C23H28Cl2N4O4S3/c1-15(2)28-10-7-17(8-11-28)29(14-16-13-18(33-27-16)19-3-5-21(24)34-19)36(31,32)12-9-26-23(30)20-4-6-22(25)35-20/h3-6,13,15,17H,7-12,14H2,1-2H3,(H,26,30). The number of halogens is 2. The van der Waals surface area contributed by atoms with E-state index < -0.39 is 10.0 Å². The molecule has 36 heavy (non-hydrogen) atoms. The maximum atomic E-state index is 13.5. The van der Waals surface area contributed by atoms with E-state index in [0.29, 0.717) is 31.0 Å². The Labute approximate surface area is 229 Å². The van der Waals surface area contributed by atoms with Gasteiger partial charge in [-0.1, -0.05) is 28.4 Å². The van der Waals surface area contributed by atoms with Crippen LogP contribution >= 0.6 is 45.9 Å². The van der Waals surface area contributed by atoms with Crippen LogP contribution in [-0.2, 0) is 16.6 Å². The second kappa shape index (κ2) is 11.9. The Balaban J connectivity index is 1.47. The van der Waals surface area contributed by atoms with Crippen LogP contribution in [0.2, 0.25) is 8.67 Å². The van der Waals surface area contributed by atoms with Crippen LogP contribution in [0.15, 0.2) is 34.9 Å². The molecule has 4 heterocycles. The van der Waals surface area contributed by atoms with E-state index >= 15 is 0 Å². The van der Waals surface area contributed by atoms with E-state index in [2.05, 4.69) is 29.2 Å². The smallest absolute Gasteiger partial charge is 0.261 e. The second-order valence-electron chi connectivity index (χ2n) is 8.87. The van der Waals surface area contributed by atoms with Crippen molar-refractivity contribution in [1.29, 1.82) is 0 Å². The van der Waals surface area contributed by atoms with Crippen molar-refractivity contribution < 1.29 is 17.7 Å². The number of carbonyl (C=O) groups is 1. The molecule has 13 heteroatoms. The first kappa shape index (κ1) is 27.6. The number of nitrogens with zero attached hydrogens (tertiary/aromatic N) is 3. The van der Waals surface area contributed by atoms with Crippen molar-refractivity contribution in [3.8, 4) is 10.6 Å². The Hall–Kier alpha value is -1.47. The SMILES string of the molecule is CC(C)N1CCC(N(Cc2cc(-c3ccc(Cl)s3)on2)S(=O)(=O)CCNC(=O)c2ccc(Cl)s2)CC1. The van der Waals surface area contributed by atoms with Gasteiger partial charge < -0.3 is 14.7 Å². The predicted molar refractivity (Wildman–Crippen MR) is 146 cm³/mol. The molecular weight excluding hydrogens is 563 g/mol. The zero-order valence-electron chi connectivity index (χ0n) is 19.9. The van der Waals surface area contributed by atoms with E-state index in [9.17, 15) is 13.2 Å². The molecule has 1 fully saturated rings. The van der Waals surface area contributed by atoms with E-state index in [0.717, 1.165) is 42.1 Å². The van der Waals surface area contributed by atoms with E-state index in [1.165, 1.54) is 15.6 Å². The van der Waals surface area contributed by atoms with E-state index in [1.54, 1.807) is 24.3 Å². The van der Waals surface area contributed by atoms with Crippen LogP contribution in [0.25, 0.3) is 10.6 Å². The lowest BCUT2D eigenvalue weighted by Crippen LogP contribution is -2.49. The van der Waals surface area contributed by atoms with Crippen LogP contribution in [0.5, 0.6) is 0 Å². The maximum absolute atomic E-state index is 13.5. The third kappa shape index (κ3) is 6.89. The first-order chi connectivity index (χ1) is 17.1. The fourth-order valence-electron chi connectivity index (χ4n) is 4.19. The Morgan fingerprint density at radius 3 is 2.50 bits per heavy atom. The van der Waals surface area contributed by atoms with Crippen LogP contribution in [0.1, 0.15) is 42.1 Å². The number of sulfonamides is 1. The van der Waals surface area contributed by atoms with Crippen LogP contribution in [0.3, 0.4) is 0 Å². The lowest BCUT2D eigenvalue weighted by Gasteiger charge is -2.39. The largest absolute Gasteiger partial charge is 0.355 e. The third-order valence-electron chi connectivity index (χ3n) is 6.13. The van der Waals surface area contributed by atoms with E-state index in [-0.39, 0.29) is 30.8 Å². The molecule has 1 aliphatic heterocycles. The van der Waals surface area contributed by atoms with Crippen molar-refractivity contribution in [3.63, 3.8) is 0 Å². The van der Waals surface area contributed by atoms with Gasteiger partial charge in [0.25, 0.3) is 5.91 Å². The average molecular weight is 592 g/mol. The molecule has 0 aromatic carbocycles. The summed E-state index contributed by atoms with van der Waals surface area (Å²) in [6.07, 6.45) is 1.45. The van der Waals surface area contributed by atoms with E-state index in [1.807, 2.05) is 6.07 Å². The normalized spacial score (nSPS) is 15.7. The number of amides is 1. The molecule has 0 spiro atoms. The molecule has 1 saturated heterocycles. The highest BCUT2D eigenvalue weighted by Gasteiger charge is 2.34. The van der Waals surface area contributed by atoms with Gasteiger partial charge in [-0.25, -0.2) is 8.42 Å². The van der Waals surface area contributed by atoms with Gasteiger partial charge in [0.2, 0.25) is 10.0 Å². The summed E-state index contributed by atoms with van der Waals surface area (Å²) in [5.74, 6) is -0.00147. The summed E-state index contributed by atoms with van der Waals surface area (Å²) >= 11 is 14.5. The number of carbonyl (C=O) groups excluding carboxylic acids is 1. The third-order valence-corrected chi connectivity index (χ3v) is 10.5.